The Labute approximate surface area is 122 Å². The number of nitrogens with zero attached hydrogens (tertiary/aromatic N) is 2. The number of fused-ring (bicyclic) bond motifs is 1. The highest BCUT2D eigenvalue weighted by Gasteiger charge is 2.41. The van der Waals surface area contributed by atoms with Gasteiger partial charge in [0, 0.05) is 24.7 Å². The average Bonchev–Trinajstić information content (AvgIpc) is 2.42. The third-order valence-electron chi connectivity index (χ3n) is 3.51. The van der Waals surface area contributed by atoms with Gasteiger partial charge in [0.15, 0.2) is 5.60 Å². The Morgan fingerprint density at radius 3 is 2.71 bits per heavy atom. The van der Waals surface area contributed by atoms with Gasteiger partial charge >= 0.3 is 0 Å². The Hall–Kier alpha value is -2.15. The molecule has 0 fully saturated rings. The molecule has 0 aromatic heterocycles. The fraction of sp³-hybridized carbons (Fsp3) is 0.500. The van der Waals surface area contributed by atoms with Crippen molar-refractivity contribution >= 4 is 17.3 Å². The summed E-state index contributed by atoms with van der Waals surface area (Å²) >= 11 is 0. The number of rotatable bonds is 4. The number of carbonyl (C=O) groups is 1. The van der Waals surface area contributed by atoms with Crippen molar-refractivity contribution in [3.05, 3.63) is 28.3 Å². The second-order valence-electron chi connectivity index (χ2n) is 5.61. The molecule has 0 aliphatic carbocycles. The van der Waals surface area contributed by atoms with Gasteiger partial charge in [-0.3, -0.25) is 14.9 Å². The van der Waals surface area contributed by atoms with Crippen LogP contribution < -0.4 is 15.4 Å². The molecule has 7 heteroatoms. The number of anilines is 1. The fourth-order valence-corrected chi connectivity index (χ4v) is 2.21. The van der Waals surface area contributed by atoms with E-state index < -0.39 is 10.5 Å². The Bertz CT molecular complexity index is 586. The zero-order valence-corrected chi connectivity index (χ0v) is 12.3. The number of nitro benzene ring substituents is 1. The maximum Gasteiger partial charge on any atom is 0.271 e. The molecule has 1 aromatic rings. The summed E-state index contributed by atoms with van der Waals surface area (Å²) in [5, 5.41) is 10.9. The molecule has 2 N–H and O–H groups in total. The molecule has 1 atom stereocenters. The molecule has 1 unspecified atom stereocenters. The first-order valence-electron chi connectivity index (χ1n) is 6.81. The van der Waals surface area contributed by atoms with E-state index in [0.717, 1.165) is 0 Å². The van der Waals surface area contributed by atoms with Gasteiger partial charge in [-0.2, -0.15) is 0 Å². The highest BCUT2D eigenvalue weighted by atomic mass is 16.6. The lowest BCUT2D eigenvalue weighted by atomic mass is 10.0. The number of amides is 1. The average molecular weight is 293 g/mol. The molecule has 2 rings (SSSR count). The normalized spacial score (nSPS) is 17.9. The molecule has 0 saturated carbocycles. The molecule has 7 nitrogen and oxygen atoms in total. The van der Waals surface area contributed by atoms with Gasteiger partial charge in [0.25, 0.3) is 11.6 Å². The third-order valence-corrected chi connectivity index (χ3v) is 3.51. The van der Waals surface area contributed by atoms with E-state index in [1.807, 2.05) is 6.92 Å². The van der Waals surface area contributed by atoms with E-state index in [4.69, 9.17) is 10.5 Å². The maximum absolute atomic E-state index is 12.5. The van der Waals surface area contributed by atoms with Crippen LogP contribution in [-0.4, -0.2) is 29.0 Å². The predicted octanol–water partition coefficient (Wildman–Crippen LogP) is 1.84. The molecule has 1 heterocycles. The van der Waals surface area contributed by atoms with Crippen LogP contribution in [0.3, 0.4) is 0 Å². The lowest BCUT2D eigenvalue weighted by Gasteiger charge is -2.39. The van der Waals surface area contributed by atoms with Crippen molar-refractivity contribution in [2.45, 2.75) is 38.8 Å². The van der Waals surface area contributed by atoms with Gasteiger partial charge < -0.3 is 15.4 Å². The van der Waals surface area contributed by atoms with E-state index in [1.165, 1.54) is 23.1 Å². The van der Waals surface area contributed by atoms with Gasteiger partial charge in [0.05, 0.1) is 10.6 Å². The topological polar surface area (TPSA) is 98.7 Å². The largest absolute Gasteiger partial charge is 0.476 e. The summed E-state index contributed by atoms with van der Waals surface area (Å²) in [7, 11) is 0. The SMILES string of the molecule is CCC(N)CN1C(=O)C(C)(C)Oc2ccc([N+](=O)[O-])cc21. The minimum atomic E-state index is -1.02. The number of hydrogen-bond donors (Lipinski definition) is 1. The van der Waals surface area contributed by atoms with Gasteiger partial charge in [0.1, 0.15) is 5.75 Å². The van der Waals surface area contributed by atoms with Gasteiger partial charge in [-0.15, -0.1) is 0 Å². The summed E-state index contributed by atoms with van der Waals surface area (Å²) in [6, 6.07) is 4.04. The van der Waals surface area contributed by atoms with E-state index in [9.17, 15) is 14.9 Å². The number of ether oxygens (including phenoxy) is 1. The smallest absolute Gasteiger partial charge is 0.271 e. The minimum absolute atomic E-state index is 0.0834. The van der Waals surface area contributed by atoms with Gasteiger partial charge in [0.2, 0.25) is 0 Å². The summed E-state index contributed by atoms with van der Waals surface area (Å²) in [6.07, 6.45) is 0.704. The molecule has 0 bridgehead atoms. The Kier molecular flexibility index (Phi) is 3.87. The van der Waals surface area contributed by atoms with Crippen LogP contribution in [-0.2, 0) is 4.79 Å². The molecule has 1 aliphatic rings. The number of benzene rings is 1. The molecule has 1 aromatic carbocycles. The van der Waals surface area contributed by atoms with Crippen LogP contribution in [0.4, 0.5) is 11.4 Å². The lowest BCUT2D eigenvalue weighted by Crippen LogP contribution is -2.55. The summed E-state index contributed by atoms with van der Waals surface area (Å²) in [5.41, 5.74) is 5.24. The lowest BCUT2D eigenvalue weighted by molar-refractivity contribution is -0.384. The summed E-state index contributed by atoms with van der Waals surface area (Å²) in [5.74, 6) is 0.202. The Morgan fingerprint density at radius 1 is 1.48 bits per heavy atom. The van der Waals surface area contributed by atoms with E-state index in [0.29, 0.717) is 24.4 Å². The zero-order chi connectivity index (χ0) is 15.8. The Balaban J connectivity index is 2.50. The molecule has 21 heavy (non-hydrogen) atoms. The number of non-ortho nitro benzene ring substituents is 1. The van der Waals surface area contributed by atoms with Crippen molar-refractivity contribution in [1.82, 2.24) is 0 Å². The first kappa shape index (κ1) is 15.2. The van der Waals surface area contributed by atoms with Crippen molar-refractivity contribution in [2.75, 3.05) is 11.4 Å². The van der Waals surface area contributed by atoms with Gasteiger partial charge in [-0.05, 0) is 26.3 Å². The summed E-state index contributed by atoms with van der Waals surface area (Å²) in [6.45, 7) is 5.57. The summed E-state index contributed by atoms with van der Waals surface area (Å²) < 4.78 is 5.66. The highest BCUT2D eigenvalue weighted by Crippen LogP contribution is 2.39. The maximum atomic E-state index is 12.5. The second kappa shape index (κ2) is 5.33. The number of carbonyl (C=O) groups excluding carboxylic acids is 1. The van der Waals surface area contributed by atoms with Crippen LogP contribution in [0.5, 0.6) is 5.75 Å². The number of nitro groups is 1. The minimum Gasteiger partial charge on any atom is -0.476 e. The van der Waals surface area contributed by atoms with Crippen molar-refractivity contribution in [3.8, 4) is 5.75 Å². The van der Waals surface area contributed by atoms with Crippen LogP contribution >= 0.6 is 0 Å². The van der Waals surface area contributed by atoms with Crippen LogP contribution in [0, 0.1) is 10.1 Å². The van der Waals surface area contributed by atoms with Crippen molar-refractivity contribution in [3.63, 3.8) is 0 Å². The first-order chi connectivity index (χ1) is 9.76. The summed E-state index contributed by atoms with van der Waals surface area (Å²) in [4.78, 5) is 24.4. The monoisotopic (exact) mass is 293 g/mol. The molecule has 0 spiro atoms. The van der Waals surface area contributed by atoms with Crippen LogP contribution in [0.1, 0.15) is 27.2 Å². The van der Waals surface area contributed by atoms with Crippen molar-refractivity contribution in [2.24, 2.45) is 5.73 Å². The standard InChI is InChI=1S/C14H19N3O4/c1-4-9(15)8-16-11-7-10(17(19)20)5-6-12(11)21-14(2,3)13(16)18/h5-7,9H,4,8,15H2,1-3H3. The molecule has 0 saturated heterocycles. The molecular weight excluding hydrogens is 274 g/mol. The highest BCUT2D eigenvalue weighted by molar-refractivity contribution is 6.02. The van der Waals surface area contributed by atoms with Crippen LogP contribution in [0.2, 0.25) is 0 Å². The zero-order valence-electron chi connectivity index (χ0n) is 12.3. The molecule has 1 aliphatic heterocycles. The van der Waals surface area contributed by atoms with E-state index in [2.05, 4.69) is 0 Å². The van der Waals surface area contributed by atoms with Crippen molar-refractivity contribution in [1.29, 1.82) is 0 Å². The molecule has 114 valence electrons. The quantitative estimate of drug-likeness (QED) is 0.674. The van der Waals surface area contributed by atoms with Gasteiger partial charge in [-0.25, -0.2) is 0 Å². The van der Waals surface area contributed by atoms with E-state index >= 15 is 0 Å². The first-order valence-corrected chi connectivity index (χ1v) is 6.81. The third kappa shape index (κ3) is 2.82. The molecular formula is C14H19N3O4. The van der Waals surface area contributed by atoms with Crippen molar-refractivity contribution < 1.29 is 14.5 Å². The van der Waals surface area contributed by atoms with Gasteiger partial charge in [-0.1, -0.05) is 6.92 Å². The predicted molar refractivity (Wildman–Crippen MR) is 78.4 cm³/mol. The number of nitrogens with two attached hydrogens (primary N) is 1. The second-order valence-corrected chi connectivity index (χ2v) is 5.61. The van der Waals surface area contributed by atoms with Crippen LogP contribution in [0.25, 0.3) is 0 Å². The van der Waals surface area contributed by atoms with E-state index in [1.54, 1.807) is 13.8 Å². The fourth-order valence-electron chi connectivity index (χ4n) is 2.21. The Morgan fingerprint density at radius 2 is 2.14 bits per heavy atom. The molecule has 0 radical (unpaired) electrons. The molecule has 1 amide bonds. The number of hydrogen-bond acceptors (Lipinski definition) is 5. The van der Waals surface area contributed by atoms with Crippen LogP contribution in [0.15, 0.2) is 18.2 Å². The van der Waals surface area contributed by atoms with E-state index in [-0.39, 0.29) is 17.6 Å².